The molecule has 3 fully saturated rings. The highest BCUT2D eigenvalue weighted by molar-refractivity contribution is 6.58. The fourth-order valence-corrected chi connectivity index (χ4v) is 9.21. The summed E-state index contributed by atoms with van der Waals surface area (Å²) in [4.78, 5) is 55.0. The minimum absolute atomic E-state index is 0.0905. The Morgan fingerprint density at radius 2 is 1.51 bits per heavy atom. The SMILES string of the molecule is O=C1C2CC=C3C(CC4(Cl)C(=O)N(c5ccc(F)cc5)C(=O)C4(Cl)C3c3c(O)ccc4ccccc34)C2C(=O)N1Cc1ccccc1. The van der Waals surface area contributed by atoms with E-state index in [1.807, 2.05) is 48.5 Å². The Balaban J connectivity index is 1.32. The van der Waals surface area contributed by atoms with Gasteiger partial charge in [0.25, 0.3) is 11.8 Å². The molecule has 236 valence electrons. The quantitative estimate of drug-likeness (QED) is 0.153. The van der Waals surface area contributed by atoms with Crippen LogP contribution >= 0.6 is 23.2 Å². The Morgan fingerprint density at radius 1 is 0.809 bits per heavy atom. The number of amides is 4. The van der Waals surface area contributed by atoms with Crippen LogP contribution in [0.2, 0.25) is 0 Å². The number of phenols is 1. The highest BCUT2D eigenvalue weighted by atomic mass is 35.5. The molecule has 2 saturated heterocycles. The number of carbonyl (C=O) groups excluding carboxylic acids is 4. The number of anilines is 1. The molecule has 1 saturated carbocycles. The van der Waals surface area contributed by atoms with Gasteiger partial charge in [-0.25, -0.2) is 9.29 Å². The zero-order chi connectivity index (χ0) is 32.8. The van der Waals surface area contributed by atoms with Gasteiger partial charge in [0.2, 0.25) is 11.8 Å². The number of likely N-dealkylation sites (tertiary alicyclic amines) is 1. The van der Waals surface area contributed by atoms with E-state index in [0.29, 0.717) is 16.5 Å². The third-order valence-corrected chi connectivity index (χ3v) is 11.8. The summed E-state index contributed by atoms with van der Waals surface area (Å²) in [6.45, 7) is 0.0995. The van der Waals surface area contributed by atoms with E-state index in [9.17, 15) is 28.7 Å². The predicted molar refractivity (Wildman–Crippen MR) is 174 cm³/mol. The van der Waals surface area contributed by atoms with Crippen LogP contribution < -0.4 is 4.90 Å². The average molecular weight is 670 g/mol. The first-order valence-electron chi connectivity index (χ1n) is 15.4. The minimum atomic E-state index is -2.15. The zero-order valence-corrected chi connectivity index (χ0v) is 26.3. The van der Waals surface area contributed by atoms with Crippen molar-refractivity contribution in [2.75, 3.05) is 4.90 Å². The molecule has 2 aliphatic carbocycles. The second-order valence-electron chi connectivity index (χ2n) is 12.7. The smallest absolute Gasteiger partial charge is 0.258 e. The van der Waals surface area contributed by atoms with Gasteiger partial charge in [0.15, 0.2) is 9.75 Å². The van der Waals surface area contributed by atoms with Gasteiger partial charge in [-0.2, -0.15) is 0 Å². The van der Waals surface area contributed by atoms with Crippen molar-refractivity contribution in [1.29, 1.82) is 0 Å². The van der Waals surface area contributed by atoms with E-state index in [0.717, 1.165) is 28.0 Å². The number of allylic oxidation sites excluding steroid dienone is 2. The molecule has 4 aromatic carbocycles. The maximum absolute atomic E-state index is 14.6. The maximum atomic E-state index is 14.6. The van der Waals surface area contributed by atoms with Gasteiger partial charge in [-0.05, 0) is 65.4 Å². The second-order valence-corrected chi connectivity index (χ2v) is 14.0. The lowest BCUT2D eigenvalue weighted by atomic mass is 9.56. The highest BCUT2D eigenvalue weighted by Gasteiger charge is 2.77. The number of benzene rings is 4. The molecule has 6 atom stereocenters. The molecule has 0 radical (unpaired) electrons. The summed E-state index contributed by atoms with van der Waals surface area (Å²) in [6, 6.07) is 24.6. The van der Waals surface area contributed by atoms with Gasteiger partial charge in [-0.15, -0.1) is 23.2 Å². The van der Waals surface area contributed by atoms with E-state index in [-0.39, 0.29) is 42.6 Å². The Kier molecular flexibility index (Phi) is 6.66. The first kappa shape index (κ1) is 29.8. The van der Waals surface area contributed by atoms with Crippen LogP contribution in [-0.2, 0) is 25.7 Å². The van der Waals surface area contributed by atoms with Crippen molar-refractivity contribution in [2.45, 2.75) is 35.1 Å². The molecular formula is C37H27Cl2FN2O5. The molecule has 6 unspecified atom stereocenters. The summed E-state index contributed by atoms with van der Waals surface area (Å²) in [6.07, 6.45) is 1.85. The number of halogens is 3. The van der Waals surface area contributed by atoms with Crippen molar-refractivity contribution in [1.82, 2.24) is 4.90 Å². The van der Waals surface area contributed by atoms with E-state index >= 15 is 0 Å². The molecule has 0 spiro atoms. The van der Waals surface area contributed by atoms with E-state index in [1.165, 1.54) is 23.1 Å². The van der Waals surface area contributed by atoms with Gasteiger partial charge in [0.1, 0.15) is 11.6 Å². The van der Waals surface area contributed by atoms with Gasteiger partial charge >= 0.3 is 0 Å². The fraction of sp³-hybridized carbons (Fsp3) is 0.243. The maximum Gasteiger partial charge on any atom is 0.258 e. The molecule has 0 bridgehead atoms. The number of nitrogens with zero attached hydrogens (tertiary/aromatic N) is 2. The minimum Gasteiger partial charge on any atom is -0.508 e. The largest absolute Gasteiger partial charge is 0.508 e. The molecule has 0 aromatic heterocycles. The monoisotopic (exact) mass is 668 g/mol. The van der Waals surface area contributed by atoms with Gasteiger partial charge < -0.3 is 5.11 Å². The Morgan fingerprint density at radius 3 is 2.26 bits per heavy atom. The number of phenolic OH excluding ortho intramolecular Hbond substituents is 1. The van der Waals surface area contributed by atoms with Crippen molar-refractivity contribution in [3.8, 4) is 5.75 Å². The Bertz CT molecular complexity index is 2050. The summed E-state index contributed by atoms with van der Waals surface area (Å²) < 4.78 is 13.9. The first-order valence-corrected chi connectivity index (χ1v) is 16.1. The summed E-state index contributed by atoms with van der Waals surface area (Å²) in [5, 5.41) is 12.9. The molecule has 4 aromatic rings. The third kappa shape index (κ3) is 4.04. The fourth-order valence-electron chi connectivity index (χ4n) is 8.29. The summed E-state index contributed by atoms with van der Waals surface area (Å²) in [7, 11) is 0. The first-order chi connectivity index (χ1) is 22.6. The molecule has 7 nitrogen and oxygen atoms in total. The van der Waals surface area contributed by atoms with Crippen LogP contribution in [0.4, 0.5) is 10.1 Å². The number of hydrogen-bond donors (Lipinski definition) is 1. The van der Waals surface area contributed by atoms with Gasteiger partial charge in [-0.1, -0.05) is 72.3 Å². The van der Waals surface area contributed by atoms with Crippen LogP contribution in [0, 0.1) is 23.6 Å². The van der Waals surface area contributed by atoms with E-state index in [1.54, 1.807) is 18.2 Å². The van der Waals surface area contributed by atoms with Crippen LogP contribution in [0.25, 0.3) is 10.8 Å². The molecule has 4 aliphatic rings. The number of fused-ring (bicyclic) bond motifs is 5. The van der Waals surface area contributed by atoms with Crippen LogP contribution in [-0.4, -0.2) is 43.4 Å². The van der Waals surface area contributed by atoms with Crippen LogP contribution in [0.5, 0.6) is 5.75 Å². The summed E-state index contributed by atoms with van der Waals surface area (Å²) >= 11 is 14.9. The van der Waals surface area contributed by atoms with Crippen molar-refractivity contribution < 1.29 is 28.7 Å². The van der Waals surface area contributed by atoms with Gasteiger partial charge in [0.05, 0.1) is 24.1 Å². The van der Waals surface area contributed by atoms with Crippen molar-refractivity contribution in [2.24, 2.45) is 17.8 Å². The number of rotatable bonds is 4. The molecule has 2 heterocycles. The van der Waals surface area contributed by atoms with Crippen LogP contribution in [0.15, 0.2) is 103 Å². The topological polar surface area (TPSA) is 95.0 Å². The van der Waals surface area contributed by atoms with Crippen LogP contribution in [0.1, 0.15) is 29.9 Å². The van der Waals surface area contributed by atoms with E-state index in [2.05, 4.69) is 0 Å². The van der Waals surface area contributed by atoms with E-state index in [4.69, 9.17) is 23.2 Å². The standard InChI is InChI=1S/C37H27Cl2FN2O5/c38-36-18-27-25(15-16-26-29(27)33(45)41(32(26)44)19-20-6-2-1-3-7-20)31(30-24-9-5-4-8-21(24)10-17-28(30)43)37(36,39)35(47)42(34(36)46)23-13-11-22(40)12-14-23/h1-15,17,26-27,29,31,43H,16,18-19H2. The lowest BCUT2D eigenvalue weighted by molar-refractivity contribution is -0.141. The number of alkyl halides is 2. The molecule has 1 N–H and O–H groups in total. The molecular weight excluding hydrogens is 642 g/mol. The van der Waals surface area contributed by atoms with Gasteiger partial charge in [0, 0.05) is 11.5 Å². The Labute approximate surface area is 279 Å². The number of carbonyl (C=O) groups is 4. The zero-order valence-electron chi connectivity index (χ0n) is 24.8. The highest BCUT2D eigenvalue weighted by Crippen LogP contribution is 2.67. The molecule has 8 rings (SSSR count). The molecule has 10 heteroatoms. The molecule has 2 aliphatic heterocycles. The third-order valence-electron chi connectivity index (χ3n) is 10.4. The molecule has 47 heavy (non-hydrogen) atoms. The summed E-state index contributed by atoms with van der Waals surface area (Å²) in [5.74, 6) is -6.47. The number of hydrogen-bond acceptors (Lipinski definition) is 5. The van der Waals surface area contributed by atoms with Crippen molar-refractivity contribution in [3.63, 3.8) is 0 Å². The Hall–Kier alpha value is -4.53. The lowest BCUT2D eigenvalue weighted by Gasteiger charge is -2.51. The van der Waals surface area contributed by atoms with Crippen molar-refractivity contribution in [3.05, 3.63) is 120 Å². The van der Waals surface area contributed by atoms with Crippen LogP contribution in [0.3, 0.4) is 0 Å². The number of imide groups is 2. The van der Waals surface area contributed by atoms with Crippen molar-refractivity contribution >= 4 is 63.3 Å². The normalized spacial score (nSPS) is 30.0. The summed E-state index contributed by atoms with van der Waals surface area (Å²) in [5.41, 5.74) is 1.77. The molecule has 4 amide bonds. The van der Waals surface area contributed by atoms with Gasteiger partial charge in [-0.3, -0.25) is 24.1 Å². The average Bonchev–Trinajstić information content (AvgIpc) is 3.40. The lowest BCUT2D eigenvalue weighted by Crippen LogP contribution is -2.60. The number of aromatic hydroxyl groups is 1. The predicted octanol–water partition coefficient (Wildman–Crippen LogP) is 6.45. The van der Waals surface area contributed by atoms with E-state index < -0.39 is 51.1 Å². The second kappa shape index (κ2) is 10.5.